The van der Waals surface area contributed by atoms with Gasteiger partial charge >= 0.3 is 6.03 Å². The average molecular weight is 358 g/mol. The molecule has 140 valence electrons. The van der Waals surface area contributed by atoms with Crippen molar-refractivity contribution >= 4 is 11.9 Å². The van der Waals surface area contributed by atoms with Crippen LogP contribution in [0.3, 0.4) is 0 Å². The first-order chi connectivity index (χ1) is 12.6. The average Bonchev–Trinajstić information content (AvgIpc) is 3.10. The summed E-state index contributed by atoms with van der Waals surface area (Å²) in [4.78, 5) is 28.3. The molecular formula is C19H26N4O3. The largest absolute Gasteiger partial charge is 0.497 e. The molecule has 3 amide bonds. The number of amides is 3. The third-order valence-corrected chi connectivity index (χ3v) is 6.25. The Morgan fingerprint density at radius 3 is 2.73 bits per heavy atom. The molecule has 0 aromatic heterocycles. The van der Waals surface area contributed by atoms with Gasteiger partial charge in [0.15, 0.2) is 0 Å². The van der Waals surface area contributed by atoms with E-state index in [2.05, 4.69) is 22.3 Å². The van der Waals surface area contributed by atoms with Gasteiger partial charge in [0.25, 0.3) is 0 Å². The Labute approximate surface area is 153 Å². The number of carbonyl (C=O) groups excluding carboxylic acids is 2. The van der Waals surface area contributed by atoms with E-state index in [0.717, 1.165) is 31.7 Å². The zero-order valence-corrected chi connectivity index (χ0v) is 15.1. The number of nitrogens with one attached hydrogen (secondary N) is 1. The summed E-state index contributed by atoms with van der Waals surface area (Å²) < 4.78 is 5.40. The van der Waals surface area contributed by atoms with E-state index >= 15 is 0 Å². The highest BCUT2D eigenvalue weighted by Gasteiger charge is 2.54. The molecule has 26 heavy (non-hydrogen) atoms. The van der Waals surface area contributed by atoms with Gasteiger partial charge in [-0.25, -0.2) is 4.79 Å². The maximum absolute atomic E-state index is 12.8. The van der Waals surface area contributed by atoms with Crippen LogP contribution in [0, 0.1) is 5.92 Å². The number of nitrogens with two attached hydrogens (primary N) is 1. The number of hydrogen-bond donors (Lipinski definition) is 2. The molecule has 4 heterocycles. The molecule has 0 saturated carbocycles. The van der Waals surface area contributed by atoms with Crippen LogP contribution in [-0.2, 0) is 4.79 Å². The van der Waals surface area contributed by atoms with Gasteiger partial charge in [-0.2, -0.15) is 0 Å². The number of urea groups is 1. The fourth-order valence-corrected chi connectivity index (χ4v) is 5.13. The Hall–Kier alpha value is -2.28. The predicted octanol–water partition coefficient (Wildman–Crippen LogP) is 0.752. The van der Waals surface area contributed by atoms with E-state index in [1.54, 1.807) is 7.11 Å². The molecule has 0 spiro atoms. The Kier molecular flexibility index (Phi) is 4.48. The van der Waals surface area contributed by atoms with E-state index in [-0.39, 0.29) is 24.4 Å². The minimum absolute atomic E-state index is 0.0316. The van der Waals surface area contributed by atoms with E-state index in [1.807, 2.05) is 17.0 Å². The standard InChI is InChI=1S/C19H26N4O3/c1-26-14-4-2-3-13(9-14)15-11-23(16(24)10-21-19(20)25)17-12-5-7-22(8-6-12)18(15)17/h2-4,9,12,15,17-18H,5-8,10-11H2,1H3,(H3,20,21,25)/t15-,17-,18-/m0/s1. The molecule has 7 nitrogen and oxygen atoms in total. The monoisotopic (exact) mass is 358 g/mol. The topological polar surface area (TPSA) is 87.9 Å². The van der Waals surface area contributed by atoms with Crippen molar-refractivity contribution in [2.24, 2.45) is 11.7 Å². The van der Waals surface area contributed by atoms with E-state index < -0.39 is 6.03 Å². The van der Waals surface area contributed by atoms with Crippen LogP contribution in [0.1, 0.15) is 24.3 Å². The molecule has 5 rings (SSSR count). The molecule has 4 aliphatic rings. The third-order valence-electron chi connectivity index (χ3n) is 6.25. The smallest absolute Gasteiger partial charge is 0.312 e. The second-order valence-corrected chi connectivity index (χ2v) is 7.50. The van der Waals surface area contributed by atoms with Crippen molar-refractivity contribution in [2.45, 2.75) is 30.8 Å². The molecule has 4 aliphatic heterocycles. The van der Waals surface area contributed by atoms with Crippen LogP contribution in [0.4, 0.5) is 4.79 Å². The first-order valence-electron chi connectivity index (χ1n) is 9.29. The number of benzene rings is 1. The Morgan fingerprint density at radius 2 is 2.04 bits per heavy atom. The quantitative estimate of drug-likeness (QED) is 0.831. The van der Waals surface area contributed by atoms with Gasteiger partial charge in [-0.3, -0.25) is 9.69 Å². The fourth-order valence-electron chi connectivity index (χ4n) is 5.13. The number of fused-ring (bicyclic) bond motifs is 2. The summed E-state index contributed by atoms with van der Waals surface area (Å²) in [5.41, 5.74) is 6.35. The van der Waals surface area contributed by atoms with E-state index in [4.69, 9.17) is 10.5 Å². The molecule has 0 unspecified atom stereocenters. The minimum atomic E-state index is -0.660. The van der Waals surface area contributed by atoms with Crippen LogP contribution in [0.15, 0.2) is 24.3 Å². The minimum Gasteiger partial charge on any atom is -0.497 e. The Morgan fingerprint density at radius 1 is 1.27 bits per heavy atom. The van der Waals surface area contributed by atoms with Gasteiger partial charge < -0.3 is 20.7 Å². The summed E-state index contributed by atoms with van der Waals surface area (Å²) >= 11 is 0. The van der Waals surface area contributed by atoms with Gasteiger partial charge in [-0.1, -0.05) is 12.1 Å². The molecule has 0 radical (unpaired) electrons. The molecular weight excluding hydrogens is 332 g/mol. The van der Waals surface area contributed by atoms with Gasteiger partial charge in [0, 0.05) is 18.5 Å². The molecule has 1 aromatic rings. The number of hydrogen-bond acceptors (Lipinski definition) is 4. The SMILES string of the molecule is COc1cccc([C@@H]2CN(C(=O)CNC(N)=O)[C@H]3C4CCN(CC4)[C@@H]23)c1. The molecule has 3 N–H and O–H groups in total. The van der Waals surface area contributed by atoms with Crippen molar-refractivity contribution < 1.29 is 14.3 Å². The zero-order valence-electron chi connectivity index (χ0n) is 15.1. The van der Waals surface area contributed by atoms with E-state index in [0.29, 0.717) is 18.5 Å². The van der Waals surface area contributed by atoms with Crippen molar-refractivity contribution in [2.75, 3.05) is 33.3 Å². The van der Waals surface area contributed by atoms with Crippen molar-refractivity contribution in [1.29, 1.82) is 0 Å². The number of primary amides is 1. The van der Waals surface area contributed by atoms with Gasteiger partial charge in [0.1, 0.15) is 5.75 Å². The number of piperidine rings is 3. The summed E-state index contributed by atoms with van der Waals surface area (Å²) in [7, 11) is 1.67. The van der Waals surface area contributed by atoms with Crippen LogP contribution < -0.4 is 15.8 Å². The van der Waals surface area contributed by atoms with Gasteiger partial charge in [0.2, 0.25) is 5.91 Å². The predicted molar refractivity (Wildman–Crippen MR) is 96.9 cm³/mol. The first kappa shape index (κ1) is 17.1. The number of nitrogens with zero attached hydrogens (tertiary/aromatic N) is 2. The van der Waals surface area contributed by atoms with Crippen LogP contribution in [0.5, 0.6) is 5.75 Å². The summed E-state index contributed by atoms with van der Waals surface area (Å²) in [6, 6.07) is 8.07. The molecule has 0 aliphatic carbocycles. The lowest BCUT2D eigenvalue weighted by Crippen LogP contribution is -2.61. The number of likely N-dealkylation sites (tertiary alicyclic amines) is 1. The highest BCUT2D eigenvalue weighted by Crippen LogP contribution is 2.46. The highest BCUT2D eigenvalue weighted by atomic mass is 16.5. The first-order valence-corrected chi connectivity index (χ1v) is 9.29. The second-order valence-electron chi connectivity index (χ2n) is 7.50. The number of carbonyl (C=O) groups is 2. The summed E-state index contributed by atoms with van der Waals surface area (Å²) in [5.74, 6) is 1.60. The Balaban J connectivity index is 1.63. The number of ether oxygens (including phenoxy) is 1. The van der Waals surface area contributed by atoms with Gasteiger partial charge in [-0.05, 0) is 49.5 Å². The lowest BCUT2D eigenvalue weighted by molar-refractivity contribution is -0.134. The number of rotatable bonds is 4. The zero-order chi connectivity index (χ0) is 18.3. The molecule has 4 fully saturated rings. The number of methoxy groups -OCH3 is 1. The van der Waals surface area contributed by atoms with Crippen LogP contribution >= 0.6 is 0 Å². The fraction of sp³-hybridized carbons (Fsp3) is 0.579. The summed E-state index contributed by atoms with van der Waals surface area (Å²) in [5, 5.41) is 2.45. The van der Waals surface area contributed by atoms with E-state index in [1.165, 1.54) is 5.56 Å². The van der Waals surface area contributed by atoms with Crippen molar-refractivity contribution in [3.05, 3.63) is 29.8 Å². The van der Waals surface area contributed by atoms with Gasteiger partial charge in [-0.15, -0.1) is 0 Å². The lowest BCUT2D eigenvalue weighted by atomic mass is 9.75. The maximum atomic E-state index is 12.8. The molecule has 1 aromatic carbocycles. The van der Waals surface area contributed by atoms with Crippen molar-refractivity contribution in [3.63, 3.8) is 0 Å². The van der Waals surface area contributed by atoms with Crippen molar-refractivity contribution in [3.8, 4) is 5.75 Å². The normalized spacial score (nSPS) is 32.2. The van der Waals surface area contributed by atoms with Gasteiger partial charge in [0.05, 0.1) is 19.7 Å². The maximum Gasteiger partial charge on any atom is 0.312 e. The second kappa shape index (κ2) is 6.79. The molecule has 4 saturated heterocycles. The third kappa shape index (κ3) is 2.90. The van der Waals surface area contributed by atoms with Crippen molar-refractivity contribution in [1.82, 2.24) is 15.1 Å². The lowest BCUT2D eigenvalue weighted by Gasteiger charge is -2.51. The van der Waals surface area contributed by atoms with E-state index in [9.17, 15) is 9.59 Å². The summed E-state index contributed by atoms with van der Waals surface area (Å²) in [6.45, 7) is 2.85. The van der Waals surface area contributed by atoms with Crippen LogP contribution in [0.25, 0.3) is 0 Å². The molecule has 2 bridgehead atoms. The highest BCUT2D eigenvalue weighted by molar-refractivity contribution is 5.84. The Bertz CT molecular complexity index is 702. The van der Waals surface area contributed by atoms with Crippen LogP contribution in [-0.4, -0.2) is 67.1 Å². The molecule has 7 heteroatoms. The van der Waals surface area contributed by atoms with Crippen LogP contribution in [0.2, 0.25) is 0 Å². The summed E-state index contributed by atoms with van der Waals surface area (Å²) in [6.07, 6.45) is 2.28. The molecule has 3 atom stereocenters.